The van der Waals surface area contributed by atoms with Crippen LogP contribution in [0.1, 0.15) is 31.1 Å². The van der Waals surface area contributed by atoms with Gasteiger partial charge in [0.25, 0.3) is 0 Å². The maximum atomic E-state index is 12.1. The number of urea groups is 1. The van der Waals surface area contributed by atoms with E-state index in [0.29, 0.717) is 12.3 Å². The summed E-state index contributed by atoms with van der Waals surface area (Å²) >= 11 is 6.27. The van der Waals surface area contributed by atoms with Gasteiger partial charge in [0.1, 0.15) is 11.4 Å². The van der Waals surface area contributed by atoms with E-state index in [0.717, 1.165) is 23.4 Å². The monoisotopic (exact) mass is 348 g/mol. The van der Waals surface area contributed by atoms with E-state index in [9.17, 15) is 9.90 Å². The summed E-state index contributed by atoms with van der Waals surface area (Å²) in [7, 11) is 0. The summed E-state index contributed by atoms with van der Waals surface area (Å²) in [6, 6.07) is 10.8. The normalized spacial score (nSPS) is 17.8. The predicted octanol–water partition coefficient (Wildman–Crippen LogP) is 3.17. The van der Waals surface area contributed by atoms with Crippen molar-refractivity contribution in [1.29, 1.82) is 0 Å². The number of hydrogen-bond acceptors (Lipinski definition) is 3. The summed E-state index contributed by atoms with van der Waals surface area (Å²) in [6.07, 6.45) is 3.49. The first-order valence-corrected chi connectivity index (χ1v) is 8.34. The van der Waals surface area contributed by atoms with E-state index >= 15 is 0 Å². The topological polar surface area (TPSA) is 74.5 Å². The van der Waals surface area contributed by atoms with Crippen LogP contribution in [0.25, 0.3) is 0 Å². The molecule has 1 atom stereocenters. The minimum atomic E-state index is -1.25. The molecule has 0 spiro atoms. The molecule has 0 bridgehead atoms. The van der Waals surface area contributed by atoms with Gasteiger partial charge in [-0.1, -0.05) is 29.8 Å². The molecular weight excluding hydrogens is 328 g/mol. The molecule has 6 heteroatoms. The lowest BCUT2D eigenvalue weighted by Gasteiger charge is -2.22. The summed E-state index contributed by atoms with van der Waals surface area (Å²) in [5, 5.41) is 16.6. The Morgan fingerprint density at radius 2 is 2.04 bits per heavy atom. The lowest BCUT2D eigenvalue weighted by atomic mass is 9.96. The molecule has 1 aromatic heterocycles. The predicted molar refractivity (Wildman–Crippen MR) is 92.0 cm³/mol. The number of carbonyl (C=O) groups is 1. The molecule has 1 saturated carbocycles. The van der Waals surface area contributed by atoms with Crippen molar-refractivity contribution in [3.8, 4) is 0 Å². The quantitative estimate of drug-likeness (QED) is 0.750. The second kappa shape index (κ2) is 6.49. The van der Waals surface area contributed by atoms with Gasteiger partial charge in [-0.05, 0) is 43.5 Å². The van der Waals surface area contributed by atoms with Gasteiger partial charge in [-0.2, -0.15) is 0 Å². The number of amides is 2. The third-order valence-corrected chi connectivity index (χ3v) is 4.86. The Labute approximate surface area is 146 Å². The molecule has 0 saturated heterocycles. The molecule has 0 aliphatic heterocycles. The first-order chi connectivity index (χ1) is 11.4. The van der Waals surface area contributed by atoms with Crippen molar-refractivity contribution in [3.63, 3.8) is 0 Å². The molecule has 24 heavy (non-hydrogen) atoms. The number of benzene rings is 1. The SMILES string of the molecule is CC(O)(CNC(=O)NCC1(c2ccccc2Cl)CC1)c1ccco1. The molecule has 1 fully saturated rings. The van der Waals surface area contributed by atoms with Gasteiger partial charge in [0.15, 0.2) is 0 Å². The summed E-state index contributed by atoms with van der Waals surface area (Å²) < 4.78 is 5.19. The zero-order chi connectivity index (χ0) is 17.2. The molecule has 1 aromatic carbocycles. The average Bonchev–Trinajstić information content (AvgIpc) is 3.12. The molecular formula is C18H21ClN2O3. The Balaban J connectivity index is 1.52. The molecule has 1 unspecified atom stereocenters. The number of rotatable bonds is 6. The maximum absolute atomic E-state index is 12.1. The van der Waals surface area contributed by atoms with Crippen LogP contribution in [0.4, 0.5) is 4.79 Å². The van der Waals surface area contributed by atoms with Crippen molar-refractivity contribution in [1.82, 2.24) is 10.6 Å². The smallest absolute Gasteiger partial charge is 0.314 e. The van der Waals surface area contributed by atoms with E-state index in [1.54, 1.807) is 19.1 Å². The highest BCUT2D eigenvalue weighted by Gasteiger charge is 2.45. The highest BCUT2D eigenvalue weighted by atomic mass is 35.5. The Morgan fingerprint density at radius 1 is 1.29 bits per heavy atom. The van der Waals surface area contributed by atoms with Gasteiger partial charge >= 0.3 is 6.03 Å². The lowest BCUT2D eigenvalue weighted by Crippen LogP contribution is -2.45. The average molecular weight is 349 g/mol. The van der Waals surface area contributed by atoms with Gasteiger partial charge in [0.2, 0.25) is 0 Å². The van der Waals surface area contributed by atoms with Gasteiger partial charge in [-0.15, -0.1) is 0 Å². The van der Waals surface area contributed by atoms with Crippen LogP contribution in [0.5, 0.6) is 0 Å². The molecule has 2 aromatic rings. The van der Waals surface area contributed by atoms with Crippen LogP contribution in [0.3, 0.4) is 0 Å². The molecule has 1 aliphatic rings. The summed E-state index contributed by atoms with van der Waals surface area (Å²) in [4.78, 5) is 12.1. The van der Waals surface area contributed by atoms with Crippen LogP contribution in [0.15, 0.2) is 47.1 Å². The maximum Gasteiger partial charge on any atom is 0.314 e. The van der Waals surface area contributed by atoms with Crippen LogP contribution in [0.2, 0.25) is 5.02 Å². The molecule has 1 aliphatic carbocycles. The van der Waals surface area contributed by atoms with E-state index in [4.69, 9.17) is 16.0 Å². The van der Waals surface area contributed by atoms with Crippen LogP contribution in [-0.4, -0.2) is 24.2 Å². The molecule has 5 nitrogen and oxygen atoms in total. The fourth-order valence-corrected chi connectivity index (χ4v) is 3.16. The zero-order valence-corrected chi connectivity index (χ0v) is 14.3. The van der Waals surface area contributed by atoms with E-state index in [1.165, 1.54) is 6.26 Å². The molecule has 0 radical (unpaired) electrons. The Bertz CT molecular complexity index is 709. The Hall–Kier alpha value is -1.98. The minimum absolute atomic E-state index is 0.0610. The summed E-state index contributed by atoms with van der Waals surface area (Å²) in [6.45, 7) is 2.18. The van der Waals surface area contributed by atoms with Crippen molar-refractivity contribution in [2.45, 2.75) is 30.8 Å². The van der Waals surface area contributed by atoms with Gasteiger partial charge < -0.3 is 20.2 Å². The molecule has 1 heterocycles. The van der Waals surface area contributed by atoms with Gasteiger partial charge in [0, 0.05) is 17.0 Å². The van der Waals surface area contributed by atoms with Crippen molar-refractivity contribution < 1.29 is 14.3 Å². The summed E-state index contributed by atoms with van der Waals surface area (Å²) in [5.74, 6) is 0.414. The minimum Gasteiger partial charge on any atom is -0.466 e. The van der Waals surface area contributed by atoms with Crippen LogP contribution in [0, 0.1) is 0 Å². The number of aliphatic hydroxyl groups is 1. The Morgan fingerprint density at radius 3 is 2.67 bits per heavy atom. The third kappa shape index (κ3) is 3.57. The largest absolute Gasteiger partial charge is 0.466 e. The second-order valence-electron chi connectivity index (χ2n) is 6.55. The fourth-order valence-electron chi connectivity index (χ4n) is 2.82. The van der Waals surface area contributed by atoms with Crippen molar-refractivity contribution in [2.75, 3.05) is 13.1 Å². The highest BCUT2D eigenvalue weighted by Crippen LogP contribution is 2.49. The summed E-state index contributed by atoms with van der Waals surface area (Å²) in [5.41, 5.74) is -0.241. The first-order valence-electron chi connectivity index (χ1n) is 7.96. The van der Waals surface area contributed by atoms with Crippen LogP contribution >= 0.6 is 11.6 Å². The second-order valence-corrected chi connectivity index (χ2v) is 6.95. The molecule has 3 rings (SSSR count). The lowest BCUT2D eigenvalue weighted by molar-refractivity contribution is 0.0367. The zero-order valence-electron chi connectivity index (χ0n) is 13.5. The molecule has 128 valence electrons. The third-order valence-electron chi connectivity index (χ3n) is 4.53. The molecule has 2 amide bonds. The number of hydrogen-bond donors (Lipinski definition) is 3. The van der Waals surface area contributed by atoms with E-state index < -0.39 is 5.60 Å². The van der Waals surface area contributed by atoms with E-state index in [1.807, 2.05) is 24.3 Å². The number of carbonyl (C=O) groups excluding carboxylic acids is 1. The standard InChI is InChI=1S/C18H21ClN2O3/c1-17(23,15-7-4-10-24-15)11-20-16(22)21-12-18(8-9-18)13-5-2-3-6-14(13)19/h2-7,10,23H,8-9,11-12H2,1H3,(H2,20,21,22). The van der Waals surface area contributed by atoms with Crippen molar-refractivity contribution >= 4 is 17.6 Å². The van der Waals surface area contributed by atoms with Crippen LogP contribution < -0.4 is 10.6 Å². The van der Waals surface area contributed by atoms with E-state index in [2.05, 4.69) is 10.6 Å². The van der Waals surface area contributed by atoms with Gasteiger partial charge in [-0.25, -0.2) is 4.79 Å². The van der Waals surface area contributed by atoms with E-state index in [-0.39, 0.29) is 18.0 Å². The Kier molecular flexibility index (Phi) is 4.56. The number of halogens is 1. The highest BCUT2D eigenvalue weighted by molar-refractivity contribution is 6.31. The number of furan rings is 1. The van der Waals surface area contributed by atoms with Crippen molar-refractivity contribution in [3.05, 3.63) is 59.0 Å². The van der Waals surface area contributed by atoms with Crippen molar-refractivity contribution in [2.24, 2.45) is 0 Å². The van der Waals surface area contributed by atoms with Gasteiger partial charge in [0.05, 0.1) is 12.8 Å². The number of nitrogens with one attached hydrogen (secondary N) is 2. The first kappa shape index (κ1) is 16.9. The fraction of sp³-hybridized carbons (Fsp3) is 0.389. The molecule has 3 N–H and O–H groups in total. The van der Waals surface area contributed by atoms with Gasteiger partial charge in [-0.3, -0.25) is 0 Å². The van der Waals surface area contributed by atoms with Crippen LogP contribution in [-0.2, 0) is 11.0 Å².